The molecule has 0 radical (unpaired) electrons. The number of H-pyrrole nitrogens is 1. The van der Waals surface area contributed by atoms with Gasteiger partial charge in [0.2, 0.25) is 5.91 Å². The van der Waals surface area contributed by atoms with Crippen molar-refractivity contribution < 1.29 is 22.2 Å². The number of benzene rings is 1. The van der Waals surface area contributed by atoms with Gasteiger partial charge in [-0.3, -0.25) is 4.79 Å². The highest BCUT2D eigenvalue weighted by molar-refractivity contribution is 6.31. The SMILES string of the molecule is N#CCC[C@H](Nc1nc(-c2c[nH]c3ncc(Cl)cc23)nc2ccccc12)C(=O)NCC(F)(F)F.[HH].[HH].[HH]. The largest absolute Gasteiger partial charge is 0.405 e. The van der Waals surface area contributed by atoms with Crippen molar-refractivity contribution in [2.45, 2.75) is 25.1 Å². The van der Waals surface area contributed by atoms with Gasteiger partial charge in [0.05, 0.1) is 16.6 Å². The predicted molar refractivity (Wildman–Crippen MR) is 127 cm³/mol. The lowest BCUT2D eigenvalue weighted by Gasteiger charge is -2.20. The number of hydrogen-bond donors (Lipinski definition) is 3. The second-order valence-corrected chi connectivity index (χ2v) is 7.83. The highest BCUT2D eigenvalue weighted by Crippen LogP contribution is 2.31. The molecule has 4 aromatic rings. The molecule has 3 N–H and O–H groups in total. The third kappa shape index (κ3) is 5.18. The molecule has 0 unspecified atom stereocenters. The molecule has 0 fully saturated rings. The molecule has 180 valence electrons. The molecule has 0 bridgehead atoms. The highest BCUT2D eigenvalue weighted by atomic mass is 35.5. The van der Waals surface area contributed by atoms with Crippen molar-refractivity contribution in [3.8, 4) is 17.5 Å². The van der Waals surface area contributed by atoms with Gasteiger partial charge in [-0.05, 0) is 24.6 Å². The molecule has 1 aromatic carbocycles. The molecule has 0 spiro atoms. The second-order valence-electron chi connectivity index (χ2n) is 7.39. The maximum Gasteiger partial charge on any atom is 0.405 e. The molecule has 4 rings (SSSR count). The number of aromatic nitrogens is 4. The van der Waals surface area contributed by atoms with Crippen molar-refractivity contribution in [3.05, 3.63) is 47.7 Å². The van der Waals surface area contributed by atoms with E-state index in [1.807, 2.05) is 11.4 Å². The molecule has 12 heteroatoms. The molecule has 1 atom stereocenters. The predicted octanol–water partition coefficient (Wildman–Crippen LogP) is 5.33. The van der Waals surface area contributed by atoms with Gasteiger partial charge in [0.25, 0.3) is 0 Å². The van der Waals surface area contributed by atoms with E-state index in [1.54, 1.807) is 36.5 Å². The Morgan fingerprint density at radius 2 is 2.06 bits per heavy atom. The fourth-order valence-corrected chi connectivity index (χ4v) is 3.58. The summed E-state index contributed by atoms with van der Waals surface area (Å²) in [5.74, 6) is -0.346. The zero-order chi connectivity index (χ0) is 24.3. The Hall–Kier alpha value is -3.91. The standard InChI is InChI=1S/C22H17ClF3N7O.3H2/c23-12-8-14-15(10-29-18(14)28-9-12)20-31-16-5-2-1-4-13(16)19(33-20)32-17(6-3-7-27)21(34)30-11-22(24,25)26;;;/h1-2,4-5,8-10,17H,3,6,11H2,(H,28,29)(H,30,34)(H,31,32,33);3*1H/t17-;;;/m0.../s1. The van der Waals surface area contributed by atoms with Gasteiger partial charge < -0.3 is 15.6 Å². The number of nitriles is 1. The average Bonchev–Trinajstić information content (AvgIpc) is 3.22. The summed E-state index contributed by atoms with van der Waals surface area (Å²) in [6, 6.07) is 9.50. The second kappa shape index (κ2) is 9.52. The lowest BCUT2D eigenvalue weighted by Crippen LogP contribution is -2.43. The van der Waals surface area contributed by atoms with Gasteiger partial charge in [-0.15, -0.1) is 0 Å². The van der Waals surface area contributed by atoms with Gasteiger partial charge in [0, 0.05) is 39.4 Å². The summed E-state index contributed by atoms with van der Waals surface area (Å²) >= 11 is 6.09. The van der Waals surface area contributed by atoms with Gasteiger partial charge in [-0.25, -0.2) is 15.0 Å². The number of nitrogens with one attached hydrogen (secondary N) is 3. The summed E-state index contributed by atoms with van der Waals surface area (Å²) in [7, 11) is 0. The topological polar surface area (TPSA) is 119 Å². The van der Waals surface area contributed by atoms with Crippen LogP contribution in [0.4, 0.5) is 19.0 Å². The van der Waals surface area contributed by atoms with Gasteiger partial charge in [0.1, 0.15) is 24.1 Å². The number of anilines is 1. The zero-order valence-corrected chi connectivity index (χ0v) is 18.2. The number of hydrogen-bond acceptors (Lipinski definition) is 6. The summed E-state index contributed by atoms with van der Waals surface area (Å²) in [5.41, 5.74) is 1.73. The molecular formula is C22H23ClF3N7O. The molecule has 3 aromatic heterocycles. The maximum atomic E-state index is 12.6. The van der Waals surface area contributed by atoms with Crippen molar-refractivity contribution >= 4 is 45.3 Å². The molecule has 3 heterocycles. The van der Waals surface area contributed by atoms with E-state index in [4.69, 9.17) is 16.9 Å². The number of alkyl halides is 3. The van der Waals surface area contributed by atoms with E-state index in [0.717, 1.165) is 0 Å². The van der Waals surface area contributed by atoms with Crippen LogP contribution in [0.1, 0.15) is 17.1 Å². The monoisotopic (exact) mass is 493 g/mol. The van der Waals surface area contributed by atoms with E-state index in [2.05, 4.69) is 25.3 Å². The molecule has 1 amide bonds. The molecule has 0 aliphatic rings. The van der Waals surface area contributed by atoms with Crippen LogP contribution >= 0.6 is 11.6 Å². The normalized spacial score (nSPS) is 12.4. The number of amides is 1. The number of carbonyl (C=O) groups is 1. The van der Waals surface area contributed by atoms with Gasteiger partial charge in [-0.1, -0.05) is 23.7 Å². The van der Waals surface area contributed by atoms with E-state index in [0.29, 0.717) is 38.3 Å². The maximum absolute atomic E-state index is 12.6. The molecular weight excluding hydrogens is 471 g/mol. The summed E-state index contributed by atoms with van der Waals surface area (Å²) in [4.78, 5) is 28.9. The molecule has 0 saturated heterocycles. The average molecular weight is 494 g/mol. The molecule has 8 nitrogen and oxygen atoms in total. The number of carbonyl (C=O) groups excluding carboxylic acids is 1. The smallest absolute Gasteiger partial charge is 0.358 e. The van der Waals surface area contributed by atoms with Crippen molar-refractivity contribution in [3.63, 3.8) is 0 Å². The van der Waals surface area contributed by atoms with Crippen molar-refractivity contribution in [1.82, 2.24) is 25.3 Å². The Morgan fingerprint density at radius 1 is 1.26 bits per heavy atom. The number of rotatable bonds is 7. The Balaban J connectivity index is 0.00000228. The van der Waals surface area contributed by atoms with Crippen LogP contribution in [0.15, 0.2) is 42.7 Å². The molecule has 0 saturated carbocycles. The number of pyridine rings is 1. The van der Waals surface area contributed by atoms with E-state index in [1.165, 1.54) is 6.20 Å². The van der Waals surface area contributed by atoms with Crippen LogP contribution in [0.2, 0.25) is 5.02 Å². The molecule has 0 aliphatic heterocycles. The van der Waals surface area contributed by atoms with Crippen molar-refractivity contribution in [2.75, 3.05) is 11.9 Å². The van der Waals surface area contributed by atoms with Crippen molar-refractivity contribution in [1.29, 1.82) is 5.26 Å². The van der Waals surface area contributed by atoms with Crippen LogP contribution in [0.3, 0.4) is 0 Å². The van der Waals surface area contributed by atoms with Crippen LogP contribution in [-0.2, 0) is 4.79 Å². The van der Waals surface area contributed by atoms with Crippen LogP contribution in [0, 0.1) is 11.3 Å². The Bertz CT molecular complexity index is 1410. The fraction of sp³-hybridized carbons (Fsp3) is 0.227. The summed E-state index contributed by atoms with van der Waals surface area (Å²) in [6.07, 6.45) is -1.45. The number of halogens is 4. The summed E-state index contributed by atoms with van der Waals surface area (Å²) in [5, 5.41) is 15.4. The van der Waals surface area contributed by atoms with E-state index in [9.17, 15) is 18.0 Å². The summed E-state index contributed by atoms with van der Waals surface area (Å²) < 4.78 is 37.8. The quantitative estimate of drug-likeness (QED) is 0.320. The minimum Gasteiger partial charge on any atom is -0.358 e. The number of nitrogens with zero attached hydrogens (tertiary/aromatic N) is 4. The first-order valence-electron chi connectivity index (χ1n) is 10.1. The van der Waals surface area contributed by atoms with Crippen LogP contribution in [0.25, 0.3) is 33.3 Å². The van der Waals surface area contributed by atoms with E-state index < -0.39 is 24.7 Å². The highest BCUT2D eigenvalue weighted by Gasteiger charge is 2.30. The van der Waals surface area contributed by atoms with Crippen LogP contribution < -0.4 is 10.6 Å². The Labute approximate surface area is 200 Å². The van der Waals surface area contributed by atoms with Gasteiger partial charge >= 0.3 is 6.18 Å². The fourth-order valence-electron chi connectivity index (χ4n) is 3.42. The first-order valence-corrected chi connectivity index (χ1v) is 10.5. The number of para-hydroxylation sites is 1. The zero-order valence-electron chi connectivity index (χ0n) is 17.4. The first kappa shape index (κ1) is 23.3. The summed E-state index contributed by atoms with van der Waals surface area (Å²) in [6.45, 7) is -1.48. The third-order valence-corrected chi connectivity index (χ3v) is 5.18. The first-order chi connectivity index (χ1) is 16.2. The van der Waals surface area contributed by atoms with Crippen molar-refractivity contribution in [2.24, 2.45) is 0 Å². The van der Waals surface area contributed by atoms with Gasteiger partial charge in [-0.2, -0.15) is 18.4 Å². The lowest BCUT2D eigenvalue weighted by atomic mass is 10.1. The lowest BCUT2D eigenvalue weighted by molar-refractivity contribution is -0.138. The number of fused-ring (bicyclic) bond motifs is 2. The van der Waals surface area contributed by atoms with Crippen LogP contribution in [0.5, 0.6) is 0 Å². The third-order valence-electron chi connectivity index (χ3n) is 4.98. The molecule has 0 aliphatic carbocycles. The minimum atomic E-state index is -4.56. The minimum absolute atomic E-state index is 0. The Kier molecular flexibility index (Phi) is 6.51. The van der Waals surface area contributed by atoms with E-state index >= 15 is 0 Å². The van der Waals surface area contributed by atoms with Gasteiger partial charge in [0.15, 0.2) is 5.82 Å². The van der Waals surface area contributed by atoms with Crippen LogP contribution in [-0.4, -0.2) is 44.6 Å². The Morgan fingerprint density at radius 3 is 2.82 bits per heavy atom. The molecule has 34 heavy (non-hydrogen) atoms. The van der Waals surface area contributed by atoms with E-state index in [-0.39, 0.29) is 22.9 Å². The number of aromatic amines is 1.